The minimum Gasteiger partial charge on any atom is -0.396 e. The first-order chi connectivity index (χ1) is 5.36. The summed E-state index contributed by atoms with van der Waals surface area (Å²) in [6, 6.07) is 0. The summed E-state index contributed by atoms with van der Waals surface area (Å²) in [4.78, 5) is 2.45. The molecule has 1 aliphatic heterocycles. The molecule has 0 saturated carbocycles. The third-order valence-corrected chi connectivity index (χ3v) is 2.66. The Kier molecular flexibility index (Phi) is 4.41. The second kappa shape index (κ2) is 5.12. The highest BCUT2D eigenvalue weighted by Gasteiger charge is 2.20. The van der Waals surface area contributed by atoms with Gasteiger partial charge in [-0.15, -0.1) is 0 Å². The first-order valence-corrected chi connectivity index (χ1v) is 5.38. The average Bonchev–Trinajstić information content (AvgIpc) is 2.38. The summed E-state index contributed by atoms with van der Waals surface area (Å²) < 4.78 is 0. The van der Waals surface area contributed by atoms with Gasteiger partial charge in [0.15, 0.2) is 0 Å². The van der Waals surface area contributed by atoms with Crippen LogP contribution in [0.5, 0.6) is 0 Å². The molecule has 0 aromatic rings. The van der Waals surface area contributed by atoms with Crippen molar-refractivity contribution in [3.05, 3.63) is 0 Å². The highest BCUT2D eigenvalue weighted by atomic mass is 79.9. The fraction of sp³-hybridized carbons (Fsp3) is 1.00. The molecule has 0 aromatic carbocycles. The van der Waals surface area contributed by atoms with Gasteiger partial charge in [-0.25, -0.2) is 0 Å². The predicted molar refractivity (Wildman–Crippen MR) is 50.0 cm³/mol. The molecule has 11 heavy (non-hydrogen) atoms. The Labute approximate surface area is 76.7 Å². The molecule has 1 N–H and O–H groups in total. The minimum absolute atomic E-state index is 0.354. The number of nitrogens with zero attached hydrogens (tertiary/aromatic N) is 1. The summed E-state index contributed by atoms with van der Waals surface area (Å²) in [6.07, 6.45) is 2.26. The first kappa shape index (κ1) is 9.49. The molecule has 1 atom stereocenters. The highest BCUT2D eigenvalue weighted by molar-refractivity contribution is 9.09. The molecule has 1 saturated heterocycles. The van der Waals surface area contributed by atoms with Crippen molar-refractivity contribution in [3.8, 4) is 0 Å². The maximum Gasteiger partial charge on any atom is 0.0434 e. The van der Waals surface area contributed by atoms with Gasteiger partial charge in [0.25, 0.3) is 0 Å². The lowest BCUT2D eigenvalue weighted by Gasteiger charge is -2.13. The topological polar surface area (TPSA) is 23.5 Å². The van der Waals surface area contributed by atoms with E-state index in [9.17, 15) is 0 Å². The summed E-state index contributed by atoms with van der Waals surface area (Å²) in [5.74, 6) is 0.749. The monoisotopic (exact) mass is 221 g/mol. The summed E-state index contributed by atoms with van der Waals surface area (Å²) in [5.41, 5.74) is 0. The van der Waals surface area contributed by atoms with Crippen LogP contribution in [0.25, 0.3) is 0 Å². The number of alkyl halides is 1. The van der Waals surface area contributed by atoms with Crippen molar-refractivity contribution in [2.24, 2.45) is 5.92 Å². The zero-order chi connectivity index (χ0) is 8.10. The van der Waals surface area contributed by atoms with Gasteiger partial charge in [0.1, 0.15) is 0 Å². The molecule has 1 fully saturated rings. The molecule has 1 heterocycles. The lowest BCUT2D eigenvalue weighted by Crippen LogP contribution is -2.22. The Bertz CT molecular complexity index is 98.3. The molecule has 66 valence electrons. The van der Waals surface area contributed by atoms with Gasteiger partial charge in [0.05, 0.1) is 0 Å². The van der Waals surface area contributed by atoms with E-state index in [0.717, 1.165) is 24.2 Å². The van der Waals surface area contributed by atoms with E-state index < -0.39 is 0 Å². The fourth-order valence-electron chi connectivity index (χ4n) is 1.65. The number of aliphatic hydroxyl groups excluding tert-OH is 1. The summed E-state index contributed by atoms with van der Waals surface area (Å²) in [5, 5.41) is 9.78. The number of aliphatic hydroxyl groups is 1. The SMILES string of the molecule is OCCC1CCN(CCBr)C1. The molecule has 0 amide bonds. The lowest BCUT2D eigenvalue weighted by atomic mass is 10.1. The second-order valence-corrected chi connectivity index (χ2v) is 3.95. The number of hydrogen-bond donors (Lipinski definition) is 1. The van der Waals surface area contributed by atoms with Crippen molar-refractivity contribution in [2.45, 2.75) is 12.8 Å². The van der Waals surface area contributed by atoms with Crippen LogP contribution in [0.15, 0.2) is 0 Å². The maximum atomic E-state index is 8.72. The second-order valence-electron chi connectivity index (χ2n) is 3.16. The van der Waals surface area contributed by atoms with Gasteiger partial charge in [-0.2, -0.15) is 0 Å². The van der Waals surface area contributed by atoms with E-state index in [1.807, 2.05) is 0 Å². The summed E-state index contributed by atoms with van der Waals surface area (Å²) in [7, 11) is 0. The van der Waals surface area contributed by atoms with Gasteiger partial charge in [0.2, 0.25) is 0 Å². The molecule has 0 spiro atoms. The van der Waals surface area contributed by atoms with E-state index >= 15 is 0 Å². The molecule has 1 aliphatic rings. The Morgan fingerprint density at radius 1 is 1.55 bits per heavy atom. The van der Waals surface area contributed by atoms with Gasteiger partial charge in [-0.3, -0.25) is 0 Å². The van der Waals surface area contributed by atoms with E-state index in [-0.39, 0.29) is 0 Å². The van der Waals surface area contributed by atoms with Crippen molar-refractivity contribution >= 4 is 15.9 Å². The molecule has 1 rings (SSSR count). The van der Waals surface area contributed by atoms with E-state index in [1.165, 1.54) is 19.5 Å². The number of rotatable bonds is 4. The molecular formula is C8H16BrNO. The molecular weight excluding hydrogens is 206 g/mol. The summed E-state index contributed by atoms with van der Waals surface area (Å²) in [6.45, 7) is 3.91. The van der Waals surface area contributed by atoms with Gasteiger partial charge < -0.3 is 10.0 Å². The van der Waals surface area contributed by atoms with Crippen LogP contribution in [0.3, 0.4) is 0 Å². The van der Waals surface area contributed by atoms with Gasteiger partial charge >= 0.3 is 0 Å². The minimum atomic E-state index is 0.354. The van der Waals surface area contributed by atoms with E-state index in [1.54, 1.807) is 0 Å². The lowest BCUT2D eigenvalue weighted by molar-refractivity contribution is 0.253. The molecule has 0 aliphatic carbocycles. The van der Waals surface area contributed by atoms with Crippen LogP contribution >= 0.6 is 15.9 Å². The Balaban J connectivity index is 2.12. The number of halogens is 1. The standard InChI is InChI=1S/C8H16BrNO/c9-3-5-10-4-1-8(7-10)2-6-11/h8,11H,1-7H2. The van der Waals surface area contributed by atoms with Gasteiger partial charge in [0, 0.05) is 25.0 Å². The van der Waals surface area contributed by atoms with Crippen LogP contribution < -0.4 is 0 Å². The molecule has 0 bridgehead atoms. The molecule has 1 unspecified atom stereocenters. The van der Waals surface area contributed by atoms with Crippen molar-refractivity contribution in [2.75, 3.05) is 31.6 Å². The Morgan fingerprint density at radius 2 is 2.36 bits per heavy atom. The van der Waals surface area contributed by atoms with Crippen molar-refractivity contribution in [1.29, 1.82) is 0 Å². The maximum absolute atomic E-state index is 8.72. The third kappa shape index (κ3) is 3.09. The number of hydrogen-bond acceptors (Lipinski definition) is 2. The number of likely N-dealkylation sites (tertiary alicyclic amines) is 1. The van der Waals surface area contributed by atoms with Crippen molar-refractivity contribution in [3.63, 3.8) is 0 Å². The molecule has 3 heteroatoms. The third-order valence-electron chi connectivity index (χ3n) is 2.31. The van der Waals surface area contributed by atoms with Crippen LogP contribution in [0.2, 0.25) is 0 Å². The van der Waals surface area contributed by atoms with Crippen molar-refractivity contribution in [1.82, 2.24) is 4.90 Å². The Morgan fingerprint density at radius 3 is 3.00 bits per heavy atom. The highest BCUT2D eigenvalue weighted by Crippen LogP contribution is 2.18. The van der Waals surface area contributed by atoms with Gasteiger partial charge in [-0.1, -0.05) is 15.9 Å². The van der Waals surface area contributed by atoms with Crippen LogP contribution in [0.4, 0.5) is 0 Å². The van der Waals surface area contributed by atoms with E-state index in [0.29, 0.717) is 6.61 Å². The zero-order valence-electron chi connectivity index (χ0n) is 6.80. The molecule has 0 aromatic heterocycles. The van der Waals surface area contributed by atoms with Crippen LogP contribution in [-0.2, 0) is 0 Å². The van der Waals surface area contributed by atoms with Crippen LogP contribution in [0.1, 0.15) is 12.8 Å². The molecule has 0 radical (unpaired) electrons. The van der Waals surface area contributed by atoms with Crippen molar-refractivity contribution < 1.29 is 5.11 Å². The quantitative estimate of drug-likeness (QED) is 0.719. The smallest absolute Gasteiger partial charge is 0.0434 e. The predicted octanol–water partition coefficient (Wildman–Crippen LogP) is 1.09. The van der Waals surface area contributed by atoms with E-state index in [2.05, 4.69) is 20.8 Å². The average molecular weight is 222 g/mol. The van der Waals surface area contributed by atoms with Crippen LogP contribution in [-0.4, -0.2) is 41.6 Å². The fourth-order valence-corrected chi connectivity index (χ4v) is 2.16. The normalized spacial score (nSPS) is 26.2. The molecule has 2 nitrogen and oxygen atoms in total. The zero-order valence-corrected chi connectivity index (χ0v) is 8.39. The van der Waals surface area contributed by atoms with Crippen LogP contribution in [0, 0.1) is 5.92 Å². The van der Waals surface area contributed by atoms with Gasteiger partial charge in [-0.05, 0) is 25.3 Å². The largest absolute Gasteiger partial charge is 0.396 e. The Hall–Kier alpha value is 0.400. The first-order valence-electron chi connectivity index (χ1n) is 4.26. The summed E-state index contributed by atoms with van der Waals surface area (Å²) >= 11 is 3.43. The van der Waals surface area contributed by atoms with E-state index in [4.69, 9.17) is 5.11 Å².